The summed E-state index contributed by atoms with van der Waals surface area (Å²) in [5.41, 5.74) is 1.54. The van der Waals surface area contributed by atoms with Gasteiger partial charge in [0.1, 0.15) is 5.75 Å². The molecule has 1 heterocycles. The van der Waals surface area contributed by atoms with E-state index >= 15 is 0 Å². The van der Waals surface area contributed by atoms with Crippen molar-refractivity contribution in [1.29, 1.82) is 0 Å². The Kier molecular flexibility index (Phi) is 3.23. The molecule has 2 rings (SSSR count). The lowest BCUT2D eigenvalue weighted by atomic mass is 9.87. The quantitative estimate of drug-likeness (QED) is 0.884. The van der Waals surface area contributed by atoms with E-state index in [1.165, 1.54) is 12.0 Å². The number of hydrogen-bond acceptors (Lipinski definition) is 3. The Hall–Kier alpha value is -2.04. The first-order chi connectivity index (χ1) is 8.54. The van der Waals surface area contributed by atoms with Crippen molar-refractivity contribution in [2.45, 2.75) is 18.8 Å². The van der Waals surface area contributed by atoms with Crippen LogP contribution in [-0.4, -0.2) is 31.1 Å². The van der Waals surface area contributed by atoms with Crippen LogP contribution in [0.15, 0.2) is 18.2 Å². The zero-order chi connectivity index (χ0) is 13.3. The van der Waals surface area contributed by atoms with Gasteiger partial charge in [0.05, 0.1) is 19.2 Å². The second-order valence-electron chi connectivity index (χ2n) is 4.35. The van der Waals surface area contributed by atoms with Gasteiger partial charge < -0.3 is 14.7 Å². The molecule has 0 bridgehead atoms. The highest BCUT2D eigenvalue weighted by molar-refractivity contribution is 5.98. The van der Waals surface area contributed by atoms with Gasteiger partial charge in [-0.2, -0.15) is 0 Å². The normalized spacial score (nSPS) is 18.4. The molecular weight excluding hydrogens is 234 g/mol. The molecule has 1 amide bonds. The van der Waals surface area contributed by atoms with Crippen molar-refractivity contribution in [3.05, 3.63) is 23.8 Å². The Morgan fingerprint density at radius 1 is 1.56 bits per heavy atom. The lowest BCUT2D eigenvalue weighted by Crippen LogP contribution is -2.34. The van der Waals surface area contributed by atoms with Gasteiger partial charge in [-0.15, -0.1) is 0 Å². The molecule has 0 saturated heterocycles. The fraction of sp³-hybridized carbons (Fsp3) is 0.385. The number of para-hydroxylation sites is 1. The lowest BCUT2D eigenvalue weighted by molar-refractivity contribution is -0.137. The highest BCUT2D eigenvalue weighted by Crippen LogP contribution is 2.42. The van der Waals surface area contributed by atoms with Crippen LogP contribution in [0.5, 0.6) is 5.75 Å². The number of carboxylic acid groups (broad SMARTS) is 1. The number of aliphatic carboxylic acids is 1. The number of methoxy groups -OCH3 is 1. The molecule has 0 fully saturated rings. The monoisotopic (exact) mass is 249 g/mol. The van der Waals surface area contributed by atoms with Gasteiger partial charge in [0, 0.05) is 19.4 Å². The molecule has 1 unspecified atom stereocenters. The minimum Gasteiger partial charge on any atom is -0.495 e. The number of hydrogen-bond donors (Lipinski definition) is 1. The summed E-state index contributed by atoms with van der Waals surface area (Å²) in [5, 5.41) is 8.91. The Morgan fingerprint density at radius 2 is 2.28 bits per heavy atom. The summed E-state index contributed by atoms with van der Waals surface area (Å²) >= 11 is 0. The molecule has 5 heteroatoms. The van der Waals surface area contributed by atoms with E-state index in [1.807, 2.05) is 12.1 Å². The van der Waals surface area contributed by atoms with Crippen molar-refractivity contribution < 1.29 is 19.4 Å². The third kappa shape index (κ3) is 2.03. The molecule has 5 nitrogen and oxygen atoms in total. The molecule has 0 aromatic heterocycles. The first kappa shape index (κ1) is 12.4. The molecule has 1 aromatic rings. The average molecular weight is 249 g/mol. The smallest absolute Gasteiger partial charge is 0.303 e. The number of nitrogens with zero attached hydrogens (tertiary/aromatic N) is 1. The van der Waals surface area contributed by atoms with Crippen LogP contribution in [0, 0.1) is 0 Å². The predicted octanol–water partition coefficient (Wildman–Crippen LogP) is 1.62. The maximum atomic E-state index is 11.9. The van der Waals surface area contributed by atoms with E-state index in [-0.39, 0.29) is 24.7 Å². The number of carbonyl (C=O) groups excluding carboxylic acids is 1. The average Bonchev–Trinajstić information content (AvgIpc) is 2.34. The number of benzene rings is 1. The number of ether oxygens (including phenoxy) is 1. The molecule has 1 atom stereocenters. The van der Waals surface area contributed by atoms with Gasteiger partial charge in [-0.3, -0.25) is 9.59 Å². The largest absolute Gasteiger partial charge is 0.495 e. The van der Waals surface area contributed by atoms with Crippen LogP contribution < -0.4 is 9.64 Å². The van der Waals surface area contributed by atoms with E-state index in [0.717, 1.165) is 5.56 Å². The molecule has 1 N–H and O–H groups in total. The number of fused-ring (bicyclic) bond motifs is 1. The van der Waals surface area contributed by atoms with Crippen LogP contribution >= 0.6 is 0 Å². The second kappa shape index (κ2) is 4.68. The number of rotatable bonds is 3. The van der Waals surface area contributed by atoms with Crippen LogP contribution in [0.2, 0.25) is 0 Å². The van der Waals surface area contributed by atoms with E-state index < -0.39 is 5.97 Å². The number of amides is 1. The van der Waals surface area contributed by atoms with Crippen LogP contribution in [0.4, 0.5) is 5.69 Å². The highest BCUT2D eigenvalue weighted by atomic mass is 16.5. The van der Waals surface area contributed by atoms with Gasteiger partial charge in [0.15, 0.2) is 0 Å². The topological polar surface area (TPSA) is 66.8 Å². The third-order valence-electron chi connectivity index (χ3n) is 3.24. The van der Waals surface area contributed by atoms with Gasteiger partial charge in [0.2, 0.25) is 5.91 Å². The second-order valence-corrected chi connectivity index (χ2v) is 4.35. The minimum atomic E-state index is -0.897. The molecule has 0 aliphatic carbocycles. The van der Waals surface area contributed by atoms with Gasteiger partial charge in [-0.1, -0.05) is 12.1 Å². The molecule has 1 aliphatic heterocycles. The van der Waals surface area contributed by atoms with Crippen molar-refractivity contribution in [1.82, 2.24) is 0 Å². The summed E-state index contributed by atoms with van der Waals surface area (Å²) in [6.07, 6.45) is 0.183. The minimum absolute atomic E-state index is 0.0419. The van der Waals surface area contributed by atoms with E-state index in [4.69, 9.17) is 9.84 Å². The number of carbonyl (C=O) groups is 2. The summed E-state index contributed by atoms with van der Waals surface area (Å²) in [6.45, 7) is 0. The molecule has 1 aromatic carbocycles. The van der Waals surface area contributed by atoms with Crippen molar-refractivity contribution in [2.75, 3.05) is 19.1 Å². The molecule has 18 heavy (non-hydrogen) atoms. The maximum absolute atomic E-state index is 11.9. The first-order valence-electron chi connectivity index (χ1n) is 5.69. The Labute approximate surface area is 105 Å². The molecular formula is C13H15NO4. The standard InChI is InChI=1S/C13H15NO4/c1-14-11(15)6-8(7-12(16)17)9-4-3-5-10(18-2)13(9)14/h3-5,8H,6-7H2,1-2H3,(H,16,17). The van der Waals surface area contributed by atoms with Gasteiger partial charge in [0.25, 0.3) is 0 Å². The summed E-state index contributed by atoms with van der Waals surface area (Å²) in [6, 6.07) is 5.44. The summed E-state index contributed by atoms with van der Waals surface area (Å²) in [7, 11) is 3.22. The Bertz CT molecular complexity index is 498. The van der Waals surface area contributed by atoms with Crippen molar-refractivity contribution in [3.8, 4) is 5.75 Å². The first-order valence-corrected chi connectivity index (χ1v) is 5.69. The zero-order valence-corrected chi connectivity index (χ0v) is 10.3. The SMILES string of the molecule is COc1cccc2c1N(C)C(=O)CC2CC(=O)O. The molecule has 0 spiro atoms. The fourth-order valence-corrected chi connectivity index (χ4v) is 2.37. The van der Waals surface area contributed by atoms with Crippen molar-refractivity contribution in [3.63, 3.8) is 0 Å². The van der Waals surface area contributed by atoms with Gasteiger partial charge in [-0.25, -0.2) is 0 Å². The van der Waals surface area contributed by atoms with E-state index in [2.05, 4.69) is 0 Å². The lowest BCUT2D eigenvalue weighted by Gasteiger charge is -2.32. The van der Waals surface area contributed by atoms with Crippen LogP contribution in [0.3, 0.4) is 0 Å². The Balaban J connectivity index is 2.51. The summed E-state index contributed by atoms with van der Waals surface area (Å²) in [5.74, 6) is -0.667. The van der Waals surface area contributed by atoms with E-state index in [0.29, 0.717) is 11.4 Å². The van der Waals surface area contributed by atoms with Crippen LogP contribution in [0.25, 0.3) is 0 Å². The third-order valence-corrected chi connectivity index (χ3v) is 3.24. The molecule has 0 radical (unpaired) electrons. The number of carboxylic acids is 1. The summed E-state index contributed by atoms with van der Waals surface area (Å²) < 4.78 is 5.24. The molecule has 1 aliphatic rings. The fourth-order valence-electron chi connectivity index (χ4n) is 2.37. The predicted molar refractivity (Wildman–Crippen MR) is 66.0 cm³/mol. The van der Waals surface area contributed by atoms with Gasteiger partial charge in [-0.05, 0) is 11.6 Å². The van der Waals surface area contributed by atoms with Crippen LogP contribution in [-0.2, 0) is 9.59 Å². The van der Waals surface area contributed by atoms with E-state index in [1.54, 1.807) is 13.1 Å². The van der Waals surface area contributed by atoms with Crippen LogP contribution in [0.1, 0.15) is 24.3 Å². The zero-order valence-electron chi connectivity index (χ0n) is 10.3. The van der Waals surface area contributed by atoms with Gasteiger partial charge >= 0.3 is 5.97 Å². The highest BCUT2D eigenvalue weighted by Gasteiger charge is 2.32. The Morgan fingerprint density at radius 3 is 2.89 bits per heavy atom. The van der Waals surface area contributed by atoms with Crippen molar-refractivity contribution >= 4 is 17.6 Å². The van der Waals surface area contributed by atoms with E-state index in [9.17, 15) is 9.59 Å². The summed E-state index contributed by atoms with van der Waals surface area (Å²) in [4.78, 5) is 24.3. The molecule has 96 valence electrons. The number of anilines is 1. The molecule has 0 saturated carbocycles. The van der Waals surface area contributed by atoms with Crippen molar-refractivity contribution in [2.24, 2.45) is 0 Å². The maximum Gasteiger partial charge on any atom is 0.303 e.